The number of ketones is 1. The molecule has 0 radical (unpaired) electrons. The molecule has 2 fully saturated rings. The minimum absolute atomic E-state index is 0.0164. The van der Waals surface area contributed by atoms with Gasteiger partial charge in [-0.3, -0.25) is 9.59 Å². The van der Waals surface area contributed by atoms with Crippen LogP contribution in [0.15, 0.2) is 78.9 Å². The number of para-hydroxylation sites is 1. The van der Waals surface area contributed by atoms with Crippen molar-refractivity contribution in [2.45, 2.75) is 37.8 Å². The van der Waals surface area contributed by atoms with Crippen molar-refractivity contribution in [1.29, 1.82) is 0 Å². The van der Waals surface area contributed by atoms with Crippen LogP contribution in [0.3, 0.4) is 0 Å². The number of Topliss-reactive ketones (excluding diaryl/α,β-unsaturated/α-hetero) is 1. The number of carbonyl (C=O) groups is 2. The van der Waals surface area contributed by atoms with Gasteiger partial charge in [-0.05, 0) is 79.9 Å². The van der Waals surface area contributed by atoms with Gasteiger partial charge in [-0.2, -0.15) is 0 Å². The average molecular weight is 504 g/mol. The van der Waals surface area contributed by atoms with Crippen LogP contribution in [0.2, 0.25) is 0 Å². The zero-order valence-corrected chi connectivity index (χ0v) is 20.8. The maximum atomic E-state index is 13.8. The van der Waals surface area contributed by atoms with Gasteiger partial charge in [0.1, 0.15) is 17.2 Å². The van der Waals surface area contributed by atoms with Crippen LogP contribution < -0.4 is 4.90 Å². The Morgan fingerprint density at radius 2 is 1.59 bits per heavy atom. The van der Waals surface area contributed by atoms with E-state index in [1.807, 2.05) is 41.3 Å². The summed E-state index contributed by atoms with van der Waals surface area (Å²) in [6.45, 7) is 3.12. The van der Waals surface area contributed by atoms with E-state index in [1.165, 1.54) is 36.4 Å². The summed E-state index contributed by atoms with van der Waals surface area (Å²) in [5.74, 6) is -0.543. The van der Waals surface area contributed by atoms with Crippen molar-refractivity contribution in [3.63, 3.8) is 0 Å². The Hall–Kier alpha value is -3.58. The standard InChI is InChI=1S/C30H31F2N3O2/c31-25-13-11-24(12-14-25)28(36)10-5-17-33-18-15-30(16-19-33)29(37)34(21-23-6-4-7-26(32)20-23)22-35(30)27-8-2-1-3-9-27/h1-4,6-9,11-14,20H,5,10,15-19,21-22H2. The van der Waals surface area contributed by atoms with Crippen molar-refractivity contribution < 1.29 is 18.4 Å². The molecule has 0 bridgehead atoms. The van der Waals surface area contributed by atoms with Crippen molar-refractivity contribution >= 4 is 17.4 Å². The molecule has 1 amide bonds. The first kappa shape index (κ1) is 25.1. The Bertz CT molecular complexity index is 1240. The minimum Gasteiger partial charge on any atom is -0.339 e. The molecular formula is C30H31F2N3O2. The summed E-state index contributed by atoms with van der Waals surface area (Å²) in [6.07, 6.45) is 2.49. The highest BCUT2D eigenvalue weighted by molar-refractivity contribution is 5.96. The van der Waals surface area contributed by atoms with Gasteiger partial charge in [0, 0.05) is 37.3 Å². The SMILES string of the molecule is O=C(CCCN1CCC2(CC1)C(=O)N(Cc1cccc(F)c1)CN2c1ccccc1)c1ccc(F)cc1. The molecule has 1 spiro atoms. The molecule has 2 heterocycles. The highest BCUT2D eigenvalue weighted by Gasteiger charge is 2.53. The summed E-state index contributed by atoms with van der Waals surface area (Å²) >= 11 is 0. The lowest BCUT2D eigenvalue weighted by Crippen LogP contribution is -2.56. The number of piperidine rings is 1. The fourth-order valence-corrected chi connectivity index (χ4v) is 5.57. The number of hydrogen-bond donors (Lipinski definition) is 0. The van der Waals surface area contributed by atoms with Crippen LogP contribution in [0, 0.1) is 11.6 Å². The van der Waals surface area contributed by atoms with Gasteiger partial charge in [0.2, 0.25) is 5.91 Å². The lowest BCUT2D eigenvalue weighted by Gasteiger charge is -2.43. The van der Waals surface area contributed by atoms with Gasteiger partial charge in [-0.25, -0.2) is 8.78 Å². The number of benzene rings is 3. The van der Waals surface area contributed by atoms with E-state index in [9.17, 15) is 18.4 Å². The molecule has 3 aromatic carbocycles. The van der Waals surface area contributed by atoms with Gasteiger partial charge < -0.3 is 14.7 Å². The van der Waals surface area contributed by atoms with Gasteiger partial charge in [0.05, 0.1) is 6.67 Å². The van der Waals surface area contributed by atoms with Gasteiger partial charge >= 0.3 is 0 Å². The molecule has 3 aromatic rings. The predicted octanol–water partition coefficient (Wildman–Crippen LogP) is 5.27. The number of likely N-dealkylation sites (tertiary alicyclic amines) is 1. The normalized spacial score (nSPS) is 17.5. The van der Waals surface area contributed by atoms with Crippen molar-refractivity contribution in [3.05, 3.63) is 102 Å². The zero-order valence-electron chi connectivity index (χ0n) is 20.8. The molecule has 2 aliphatic rings. The molecule has 0 unspecified atom stereocenters. The van der Waals surface area contributed by atoms with Crippen LogP contribution in [-0.4, -0.2) is 53.3 Å². The van der Waals surface area contributed by atoms with Gasteiger partial charge in [-0.1, -0.05) is 30.3 Å². The van der Waals surface area contributed by atoms with Crippen LogP contribution in [-0.2, 0) is 11.3 Å². The van der Waals surface area contributed by atoms with Gasteiger partial charge in [0.25, 0.3) is 0 Å². The van der Waals surface area contributed by atoms with E-state index in [0.717, 1.165) is 30.9 Å². The quantitative estimate of drug-likeness (QED) is 0.393. The summed E-state index contributed by atoms with van der Waals surface area (Å²) in [5, 5.41) is 0. The second kappa shape index (κ2) is 10.8. The van der Waals surface area contributed by atoms with Crippen LogP contribution in [0.25, 0.3) is 0 Å². The molecule has 0 aromatic heterocycles. The Labute approximate surface area is 216 Å². The monoisotopic (exact) mass is 503 g/mol. The summed E-state index contributed by atoms with van der Waals surface area (Å²) in [4.78, 5) is 32.6. The summed E-state index contributed by atoms with van der Waals surface area (Å²) in [6, 6.07) is 22.1. The first-order valence-electron chi connectivity index (χ1n) is 12.8. The molecule has 5 nitrogen and oxygen atoms in total. The molecule has 0 N–H and O–H groups in total. The Morgan fingerprint density at radius 1 is 0.865 bits per heavy atom. The fourth-order valence-electron chi connectivity index (χ4n) is 5.57. The topological polar surface area (TPSA) is 43.9 Å². The highest BCUT2D eigenvalue weighted by Crippen LogP contribution is 2.40. The first-order valence-corrected chi connectivity index (χ1v) is 12.8. The van der Waals surface area contributed by atoms with E-state index in [4.69, 9.17) is 0 Å². The molecule has 37 heavy (non-hydrogen) atoms. The first-order chi connectivity index (χ1) is 17.9. The van der Waals surface area contributed by atoms with Crippen molar-refractivity contribution in [2.75, 3.05) is 31.2 Å². The number of amides is 1. The number of carbonyl (C=O) groups excluding carboxylic acids is 2. The summed E-state index contributed by atoms with van der Waals surface area (Å²) < 4.78 is 26.9. The van der Waals surface area contributed by atoms with Crippen molar-refractivity contribution in [1.82, 2.24) is 9.80 Å². The Morgan fingerprint density at radius 3 is 2.30 bits per heavy atom. The third kappa shape index (κ3) is 5.42. The number of hydrogen-bond acceptors (Lipinski definition) is 4. The molecule has 192 valence electrons. The molecule has 0 aliphatic carbocycles. The van der Waals surface area contributed by atoms with E-state index in [-0.39, 0.29) is 23.3 Å². The number of rotatable bonds is 8. The maximum Gasteiger partial charge on any atom is 0.250 e. The number of halogens is 2. The van der Waals surface area contributed by atoms with Crippen LogP contribution in [0.5, 0.6) is 0 Å². The molecule has 7 heteroatoms. The van der Waals surface area contributed by atoms with Gasteiger partial charge in [0.15, 0.2) is 5.78 Å². The lowest BCUT2D eigenvalue weighted by atomic mass is 9.85. The van der Waals surface area contributed by atoms with E-state index in [0.29, 0.717) is 44.5 Å². The molecule has 0 saturated carbocycles. The molecular weight excluding hydrogens is 472 g/mol. The predicted molar refractivity (Wildman–Crippen MR) is 139 cm³/mol. The molecule has 2 aliphatic heterocycles. The Balaban J connectivity index is 1.24. The third-order valence-corrected chi connectivity index (χ3v) is 7.57. The van der Waals surface area contributed by atoms with E-state index < -0.39 is 5.54 Å². The molecule has 0 atom stereocenters. The van der Waals surface area contributed by atoms with Crippen LogP contribution in [0.1, 0.15) is 41.6 Å². The highest BCUT2D eigenvalue weighted by atomic mass is 19.1. The maximum absolute atomic E-state index is 13.8. The minimum atomic E-state index is -0.630. The van der Waals surface area contributed by atoms with Crippen LogP contribution in [0.4, 0.5) is 14.5 Å². The number of anilines is 1. The largest absolute Gasteiger partial charge is 0.339 e. The van der Waals surface area contributed by atoms with Gasteiger partial charge in [-0.15, -0.1) is 0 Å². The third-order valence-electron chi connectivity index (χ3n) is 7.57. The Kier molecular flexibility index (Phi) is 7.33. The van der Waals surface area contributed by atoms with E-state index >= 15 is 0 Å². The van der Waals surface area contributed by atoms with Crippen LogP contribution >= 0.6 is 0 Å². The van der Waals surface area contributed by atoms with Crippen molar-refractivity contribution in [2.24, 2.45) is 0 Å². The average Bonchev–Trinajstić information content (AvgIpc) is 3.17. The summed E-state index contributed by atoms with van der Waals surface area (Å²) in [7, 11) is 0. The lowest BCUT2D eigenvalue weighted by molar-refractivity contribution is -0.134. The van der Waals surface area contributed by atoms with Crippen molar-refractivity contribution in [3.8, 4) is 0 Å². The molecule has 5 rings (SSSR count). The number of nitrogens with zero attached hydrogens (tertiary/aromatic N) is 3. The summed E-state index contributed by atoms with van der Waals surface area (Å²) in [5.41, 5.74) is 1.69. The fraction of sp³-hybridized carbons (Fsp3) is 0.333. The molecule has 2 saturated heterocycles. The van der Waals surface area contributed by atoms with E-state index in [1.54, 1.807) is 6.07 Å². The van der Waals surface area contributed by atoms with E-state index in [2.05, 4.69) is 9.80 Å². The second-order valence-electron chi connectivity index (χ2n) is 9.94. The second-order valence-corrected chi connectivity index (χ2v) is 9.94. The zero-order chi connectivity index (χ0) is 25.8. The smallest absolute Gasteiger partial charge is 0.250 e.